The highest BCUT2D eigenvalue weighted by atomic mass is 35.5. The number of ether oxygens (including phenoxy) is 2. The Morgan fingerprint density at radius 1 is 0.553 bits per heavy atom. The number of hydrogen-bond acceptors (Lipinski definition) is 8. The third kappa shape index (κ3) is 9.13. The van der Waals surface area contributed by atoms with Gasteiger partial charge in [-0.2, -0.15) is 0 Å². The van der Waals surface area contributed by atoms with Crippen LogP contribution in [0.4, 0.5) is 0 Å². The van der Waals surface area contributed by atoms with Crippen molar-refractivity contribution in [2.75, 3.05) is 11.5 Å². The highest BCUT2D eigenvalue weighted by molar-refractivity contribution is 7.91. The van der Waals surface area contributed by atoms with Crippen molar-refractivity contribution in [2.24, 2.45) is 0 Å². The third-order valence-corrected chi connectivity index (χ3v) is 9.29. The van der Waals surface area contributed by atoms with Crippen LogP contribution in [0.3, 0.4) is 0 Å². The monoisotopic (exact) mass is 598 g/mol. The second-order valence-corrected chi connectivity index (χ2v) is 13.3. The molecule has 0 radical (unpaired) electrons. The number of esters is 2. The first-order chi connectivity index (χ1) is 17.9. The summed E-state index contributed by atoms with van der Waals surface area (Å²) in [5.74, 6) is -2.10. The van der Waals surface area contributed by atoms with Crippen molar-refractivity contribution in [3.8, 4) is 0 Å². The third-order valence-electron chi connectivity index (χ3n) is 5.32. The van der Waals surface area contributed by atoms with Gasteiger partial charge in [0.25, 0.3) is 0 Å². The average Bonchev–Trinajstić information content (AvgIpc) is 2.89. The smallest absolute Gasteiger partial charge is 0.307 e. The lowest BCUT2D eigenvalue weighted by Crippen LogP contribution is -2.14. The van der Waals surface area contributed by atoms with E-state index in [9.17, 15) is 26.4 Å². The van der Waals surface area contributed by atoms with Gasteiger partial charge in [0.05, 0.1) is 34.1 Å². The van der Waals surface area contributed by atoms with Gasteiger partial charge in [-0.25, -0.2) is 16.8 Å². The molecule has 0 heterocycles. The lowest BCUT2D eigenvalue weighted by atomic mass is 10.1. The zero-order chi connectivity index (χ0) is 27.8. The van der Waals surface area contributed by atoms with Crippen LogP contribution in [0.2, 0.25) is 10.0 Å². The molecule has 0 bridgehead atoms. The molecule has 0 aliphatic heterocycles. The van der Waals surface area contributed by atoms with Gasteiger partial charge in [0.15, 0.2) is 19.7 Å². The van der Waals surface area contributed by atoms with E-state index in [0.717, 1.165) is 0 Å². The predicted molar refractivity (Wildman–Crippen MR) is 142 cm³/mol. The van der Waals surface area contributed by atoms with E-state index in [2.05, 4.69) is 0 Å². The van der Waals surface area contributed by atoms with E-state index in [1.807, 2.05) is 0 Å². The topological polar surface area (TPSA) is 121 Å². The first-order valence-electron chi connectivity index (χ1n) is 11.3. The summed E-state index contributed by atoms with van der Waals surface area (Å²) in [5.41, 5.74) is 1.31. The number of rotatable bonds is 12. The summed E-state index contributed by atoms with van der Waals surface area (Å²) >= 11 is 11.5. The van der Waals surface area contributed by atoms with Crippen LogP contribution in [0.5, 0.6) is 0 Å². The van der Waals surface area contributed by atoms with E-state index in [1.165, 1.54) is 48.5 Å². The molecule has 0 fully saturated rings. The minimum Gasteiger partial charge on any atom is -0.461 e. The predicted octanol–water partition coefficient (Wildman–Crippen LogP) is 4.81. The van der Waals surface area contributed by atoms with Gasteiger partial charge in [0.1, 0.15) is 13.2 Å². The maximum Gasteiger partial charge on any atom is 0.307 e. The van der Waals surface area contributed by atoms with Crippen LogP contribution in [0.1, 0.15) is 24.0 Å². The molecule has 3 rings (SSSR count). The Morgan fingerprint density at radius 2 is 0.868 bits per heavy atom. The summed E-state index contributed by atoms with van der Waals surface area (Å²) in [4.78, 5) is 24.2. The number of sulfone groups is 2. The summed E-state index contributed by atoms with van der Waals surface area (Å²) in [6.07, 6.45) is -0.598. The Morgan fingerprint density at radius 3 is 1.18 bits per heavy atom. The lowest BCUT2D eigenvalue weighted by Gasteiger charge is -2.08. The first kappa shape index (κ1) is 29.6. The minimum atomic E-state index is -3.64. The summed E-state index contributed by atoms with van der Waals surface area (Å²) in [7, 11) is -7.28. The summed E-state index contributed by atoms with van der Waals surface area (Å²) in [6.45, 7) is -0.106. The van der Waals surface area contributed by atoms with Gasteiger partial charge in [0, 0.05) is 10.0 Å². The van der Waals surface area contributed by atoms with Crippen LogP contribution in [0.15, 0.2) is 82.6 Å². The van der Waals surface area contributed by atoms with Crippen molar-refractivity contribution in [2.45, 2.75) is 35.8 Å². The molecule has 0 aromatic heterocycles. The van der Waals surface area contributed by atoms with E-state index < -0.39 is 43.1 Å². The van der Waals surface area contributed by atoms with Crippen molar-refractivity contribution >= 4 is 54.8 Å². The van der Waals surface area contributed by atoms with Crippen molar-refractivity contribution in [3.05, 3.63) is 94.0 Å². The second kappa shape index (κ2) is 13.2. The molecule has 202 valence electrons. The Kier molecular flexibility index (Phi) is 10.3. The Balaban J connectivity index is 1.39. The summed E-state index contributed by atoms with van der Waals surface area (Å²) < 4.78 is 59.6. The van der Waals surface area contributed by atoms with Crippen LogP contribution < -0.4 is 0 Å². The van der Waals surface area contributed by atoms with Crippen LogP contribution in [0, 0.1) is 0 Å². The van der Waals surface area contributed by atoms with Gasteiger partial charge < -0.3 is 9.47 Å². The maximum atomic E-state index is 12.3. The molecule has 0 atom stereocenters. The van der Waals surface area contributed by atoms with Gasteiger partial charge in [0.2, 0.25) is 0 Å². The molecule has 3 aromatic rings. The van der Waals surface area contributed by atoms with Crippen molar-refractivity contribution < 1.29 is 35.9 Å². The fourth-order valence-electron chi connectivity index (χ4n) is 3.16. The molecule has 12 heteroatoms. The zero-order valence-electron chi connectivity index (χ0n) is 20.0. The molecular weight excluding hydrogens is 575 g/mol. The van der Waals surface area contributed by atoms with E-state index in [-0.39, 0.29) is 35.8 Å². The average molecular weight is 600 g/mol. The Hall–Kier alpha value is -2.92. The molecule has 0 aliphatic rings. The van der Waals surface area contributed by atoms with Gasteiger partial charge in [-0.1, -0.05) is 47.5 Å². The van der Waals surface area contributed by atoms with Gasteiger partial charge in [-0.3, -0.25) is 9.59 Å². The molecule has 0 N–H and O–H groups in total. The molecule has 0 saturated carbocycles. The molecule has 8 nitrogen and oxygen atoms in total. The van der Waals surface area contributed by atoms with Crippen molar-refractivity contribution in [1.29, 1.82) is 0 Å². The standard InChI is InChI=1S/C26H24Cl2O8S2/c27-21-5-9-23(10-6-21)37(31,32)15-13-25(29)35-17-19-1-2-20(4-3-19)18-36-26(30)14-16-38(33,34)24-11-7-22(28)8-12-24/h1-12H,13-18H2. The van der Waals surface area contributed by atoms with E-state index in [4.69, 9.17) is 32.7 Å². The molecule has 0 spiro atoms. The first-order valence-corrected chi connectivity index (χ1v) is 15.4. The van der Waals surface area contributed by atoms with Gasteiger partial charge >= 0.3 is 11.9 Å². The van der Waals surface area contributed by atoms with Crippen LogP contribution in [-0.2, 0) is 52.0 Å². The molecular formula is C26H24Cl2O8S2. The van der Waals surface area contributed by atoms with Gasteiger partial charge in [-0.15, -0.1) is 0 Å². The zero-order valence-corrected chi connectivity index (χ0v) is 23.2. The quantitative estimate of drug-likeness (QED) is 0.272. The summed E-state index contributed by atoms with van der Waals surface area (Å²) in [6, 6.07) is 18.1. The minimum absolute atomic E-state index is 0.0531. The Bertz CT molecular complexity index is 1350. The van der Waals surface area contributed by atoms with Crippen LogP contribution >= 0.6 is 23.2 Å². The second-order valence-electron chi connectivity index (χ2n) is 8.18. The van der Waals surface area contributed by atoms with Gasteiger partial charge in [-0.05, 0) is 59.7 Å². The molecule has 0 amide bonds. The van der Waals surface area contributed by atoms with E-state index >= 15 is 0 Å². The molecule has 0 unspecified atom stereocenters. The fraction of sp³-hybridized carbons (Fsp3) is 0.231. The SMILES string of the molecule is O=C(CCS(=O)(=O)c1ccc(Cl)cc1)OCc1ccc(COC(=O)CCS(=O)(=O)c2ccc(Cl)cc2)cc1. The van der Waals surface area contributed by atoms with E-state index in [0.29, 0.717) is 21.2 Å². The van der Waals surface area contributed by atoms with Crippen molar-refractivity contribution in [1.82, 2.24) is 0 Å². The highest BCUT2D eigenvalue weighted by Crippen LogP contribution is 2.18. The maximum absolute atomic E-state index is 12.3. The number of carbonyl (C=O) groups excluding carboxylic acids is 2. The molecule has 0 saturated heterocycles. The number of halogens is 2. The normalized spacial score (nSPS) is 11.6. The van der Waals surface area contributed by atoms with Crippen LogP contribution in [-0.4, -0.2) is 40.3 Å². The number of carbonyl (C=O) groups is 2. The molecule has 3 aromatic carbocycles. The number of hydrogen-bond donors (Lipinski definition) is 0. The molecule has 38 heavy (non-hydrogen) atoms. The summed E-state index contributed by atoms with van der Waals surface area (Å²) in [5, 5.41) is 0.821. The van der Waals surface area contributed by atoms with E-state index in [1.54, 1.807) is 24.3 Å². The van der Waals surface area contributed by atoms with Crippen molar-refractivity contribution in [3.63, 3.8) is 0 Å². The molecule has 0 aliphatic carbocycles. The highest BCUT2D eigenvalue weighted by Gasteiger charge is 2.18. The fourth-order valence-corrected chi connectivity index (χ4v) is 5.85. The number of benzene rings is 3. The lowest BCUT2D eigenvalue weighted by molar-refractivity contribution is -0.145. The Labute approximate surface area is 231 Å². The largest absolute Gasteiger partial charge is 0.461 e. The van der Waals surface area contributed by atoms with Crippen LogP contribution in [0.25, 0.3) is 0 Å².